The number of imidazole rings is 1. The van der Waals surface area contributed by atoms with Gasteiger partial charge < -0.3 is 14.2 Å². The van der Waals surface area contributed by atoms with Gasteiger partial charge in [-0.15, -0.1) is 11.3 Å². The molecule has 1 amide bonds. The van der Waals surface area contributed by atoms with E-state index in [9.17, 15) is 4.79 Å². The van der Waals surface area contributed by atoms with E-state index in [1.54, 1.807) is 42.1 Å². The van der Waals surface area contributed by atoms with Gasteiger partial charge >= 0.3 is 0 Å². The number of carbonyl (C=O) groups is 1. The highest BCUT2D eigenvalue weighted by molar-refractivity contribution is 7.09. The van der Waals surface area contributed by atoms with Crippen molar-refractivity contribution in [2.24, 2.45) is 0 Å². The topological polar surface area (TPSA) is 47.4 Å². The van der Waals surface area contributed by atoms with Gasteiger partial charge in [0.05, 0.1) is 20.0 Å². The van der Waals surface area contributed by atoms with Crippen LogP contribution in [0.1, 0.15) is 17.8 Å². The molecule has 0 saturated carbocycles. The summed E-state index contributed by atoms with van der Waals surface area (Å²) in [7, 11) is 1.63. The highest BCUT2D eigenvalue weighted by Crippen LogP contribution is 2.25. The Balaban J connectivity index is 1.89. The first-order chi connectivity index (χ1) is 11.7. The van der Waals surface area contributed by atoms with Crippen LogP contribution < -0.4 is 9.64 Å². The number of ether oxygens (including phenoxy) is 1. The predicted molar refractivity (Wildman–Crippen MR) is 95.4 cm³/mol. The number of methoxy groups -OCH3 is 1. The molecular formula is C18H19N3O2S. The van der Waals surface area contributed by atoms with Crippen molar-refractivity contribution in [3.05, 3.63) is 65.4 Å². The average Bonchev–Trinajstić information content (AvgIpc) is 3.32. The number of anilines is 1. The molecule has 0 aliphatic heterocycles. The maximum atomic E-state index is 13.1. The second-order valence-electron chi connectivity index (χ2n) is 5.39. The SMILES string of the molecule is COc1ccc(N(Cc2cccs2)C(=O)[C@@H](C)n2ccnc2)cc1. The fraction of sp³-hybridized carbons (Fsp3) is 0.222. The monoisotopic (exact) mass is 341 g/mol. The number of hydrogen-bond donors (Lipinski definition) is 0. The Morgan fingerprint density at radius 2 is 2.12 bits per heavy atom. The number of benzene rings is 1. The molecule has 1 aromatic carbocycles. The fourth-order valence-electron chi connectivity index (χ4n) is 2.47. The summed E-state index contributed by atoms with van der Waals surface area (Å²) in [6.07, 6.45) is 5.15. The van der Waals surface area contributed by atoms with Crippen LogP contribution in [-0.4, -0.2) is 22.6 Å². The van der Waals surface area contributed by atoms with Gasteiger partial charge in [-0.25, -0.2) is 4.98 Å². The Hall–Kier alpha value is -2.60. The molecule has 0 N–H and O–H groups in total. The molecule has 2 aromatic heterocycles. The minimum absolute atomic E-state index is 0.0200. The van der Waals surface area contributed by atoms with E-state index >= 15 is 0 Å². The molecule has 3 rings (SSSR count). The predicted octanol–water partition coefficient (Wildman–Crippen LogP) is 3.75. The van der Waals surface area contributed by atoms with Crippen LogP contribution in [0, 0.1) is 0 Å². The number of carbonyl (C=O) groups excluding carboxylic acids is 1. The van der Waals surface area contributed by atoms with E-state index in [0.717, 1.165) is 16.3 Å². The van der Waals surface area contributed by atoms with Crippen molar-refractivity contribution < 1.29 is 9.53 Å². The van der Waals surface area contributed by atoms with Gasteiger partial charge in [0, 0.05) is 23.0 Å². The van der Waals surface area contributed by atoms with E-state index in [4.69, 9.17) is 4.74 Å². The van der Waals surface area contributed by atoms with Crippen molar-refractivity contribution in [2.45, 2.75) is 19.5 Å². The summed E-state index contributed by atoms with van der Waals surface area (Å²) in [5.74, 6) is 0.788. The lowest BCUT2D eigenvalue weighted by Gasteiger charge is -2.26. The van der Waals surface area contributed by atoms with Gasteiger partial charge in [0.15, 0.2) is 0 Å². The molecule has 5 nitrogen and oxygen atoms in total. The Morgan fingerprint density at radius 3 is 2.71 bits per heavy atom. The molecule has 0 unspecified atom stereocenters. The Bertz CT molecular complexity index is 767. The third-order valence-electron chi connectivity index (χ3n) is 3.87. The summed E-state index contributed by atoms with van der Waals surface area (Å²) in [6.45, 7) is 2.43. The zero-order valence-electron chi connectivity index (χ0n) is 13.6. The van der Waals surface area contributed by atoms with Crippen LogP contribution in [0.5, 0.6) is 5.75 Å². The minimum atomic E-state index is -0.324. The number of rotatable bonds is 6. The molecule has 0 aliphatic carbocycles. The van der Waals surface area contributed by atoms with Gasteiger partial charge in [-0.1, -0.05) is 6.07 Å². The van der Waals surface area contributed by atoms with Crippen molar-refractivity contribution in [1.82, 2.24) is 9.55 Å². The average molecular weight is 341 g/mol. The second kappa shape index (κ2) is 7.31. The molecule has 0 saturated heterocycles. The summed E-state index contributed by atoms with van der Waals surface area (Å²) in [4.78, 5) is 20.0. The molecule has 1 atom stereocenters. The van der Waals surface area contributed by atoms with E-state index in [-0.39, 0.29) is 11.9 Å². The van der Waals surface area contributed by atoms with Crippen LogP contribution in [0.4, 0.5) is 5.69 Å². The zero-order valence-corrected chi connectivity index (χ0v) is 14.4. The number of amides is 1. The van der Waals surface area contributed by atoms with Crippen LogP contribution in [0.25, 0.3) is 0 Å². The quantitative estimate of drug-likeness (QED) is 0.686. The maximum absolute atomic E-state index is 13.1. The van der Waals surface area contributed by atoms with Crippen molar-refractivity contribution in [1.29, 1.82) is 0 Å². The van der Waals surface area contributed by atoms with Crippen molar-refractivity contribution in [2.75, 3.05) is 12.0 Å². The second-order valence-corrected chi connectivity index (χ2v) is 6.42. The van der Waals surface area contributed by atoms with Gasteiger partial charge in [0.2, 0.25) is 5.91 Å². The maximum Gasteiger partial charge on any atom is 0.250 e. The van der Waals surface area contributed by atoms with Gasteiger partial charge in [-0.3, -0.25) is 4.79 Å². The fourth-order valence-corrected chi connectivity index (χ4v) is 3.16. The smallest absolute Gasteiger partial charge is 0.250 e. The van der Waals surface area contributed by atoms with Crippen LogP contribution in [0.3, 0.4) is 0 Å². The summed E-state index contributed by atoms with van der Waals surface area (Å²) in [5, 5.41) is 2.02. The number of aromatic nitrogens is 2. The Morgan fingerprint density at radius 1 is 1.33 bits per heavy atom. The van der Waals surface area contributed by atoms with Crippen molar-refractivity contribution in [3.8, 4) is 5.75 Å². The summed E-state index contributed by atoms with van der Waals surface area (Å²) in [6, 6.07) is 11.3. The third-order valence-corrected chi connectivity index (χ3v) is 4.73. The Kier molecular flexibility index (Phi) is 4.96. The molecule has 0 radical (unpaired) electrons. The molecule has 6 heteroatoms. The van der Waals surface area contributed by atoms with Gasteiger partial charge in [-0.2, -0.15) is 0 Å². The van der Waals surface area contributed by atoms with Crippen LogP contribution in [0.2, 0.25) is 0 Å². The standard InChI is InChI=1S/C18H19N3O2S/c1-14(20-10-9-19-13-20)18(22)21(12-17-4-3-11-24-17)15-5-7-16(23-2)8-6-15/h3-11,13-14H,12H2,1-2H3/t14-/m1/s1. The van der Waals surface area contributed by atoms with Gasteiger partial charge in [-0.05, 0) is 42.6 Å². The third kappa shape index (κ3) is 3.49. The first kappa shape index (κ1) is 16.3. The lowest BCUT2D eigenvalue weighted by Crippen LogP contribution is -2.35. The molecule has 3 aromatic rings. The highest BCUT2D eigenvalue weighted by atomic mass is 32.1. The van der Waals surface area contributed by atoms with Gasteiger partial charge in [0.25, 0.3) is 0 Å². The number of nitrogens with zero attached hydrogens (tertiary/aromatic N) is 3. The number of thiophene rings is 1. The first-order valence-corrected chi connectivity index (χ1v) is 8.52. The minimum Gasteiger partial charge on any atom is -0.497 e. The molecule has 0 bridgehead atoms. The molecule has 124 valence electrons. The molecule has 0 fully saturated rings. The first-order valence-electron chi connectivity index (χ1n) is 7.64. The lowest BCUT2D eigenvalue weighted by molar-refractivity contribution is -0.121. The largest absolute Gasteiger partial charge is 0.497 e. The zero-order chi connectivity index (χ0) is 16.9. The van der Waals surface area contributed by atoms with Crippen LogP contribution in [-0.2, 0) is 11.3 Å². The van der Waals surface area contributed by atoms with E-state index in [1.165, 1.54) is 0 Å². The highest BCUT2D eigenvalue weighted by Gasteiger charge is 2.23. The summed E-state index contributed by atoms with van der Waals surface area (Å²) >= 11 is 1.64. The normalized spacial score (nSPS) is 11.9. The summed E-state index contributed by atoms with van der Waals surface area (Å²) < 4.78 is 7.02. The van der Waals surface area contributed by atoms with E-state index in [1.807, 2.05) is 53.3 Å². The van der Waals surface area contributed by atoms with Gasteiger partial charge in [0.1, 0.15) is 11.8 Å². The van der Waals surface area contributed by atoms with Crippen molar-refractivity contribution >= 4 is 22.9 Å². The number of hydrogen-bond acceptors (Lipinski definition) is 4. The van der Waals surface area contributed by atoms with Crippen LogP contribution >= 0.6 is 11.3 Å². The molecule has 0 spiro atoms. The molecular weight excluding hydrogens is 322 g/mol. The van der Waals surface area contributed by atoms with E-state index in [2.05, 4.69) is 4.98 Å². The molecule has 0 aliphatic rings. The van der Waals surface area contributed by atoms with E-state index < -0.39 is 0 Å². The van der Waals surface area contributed by atoms with Crippen LogP contribution in [0.15, 0.2) is 60.5 Å². The lowest BCUT2D eigenvalue weighted by atomic mass is 10.2. The molecule has 2 heterocycles. The molecule has 24 heavy (non-hydrogen) atoms. The Labute approximate surface area is 145 Å². The van der Waals surface area contributed by atoms with Crippen molar-refractivity contribution in [3.63, 3.8) is 0 Å². The van der Waals surface area contributed by atoms with E-state index in [0.29, 0.717) is 6.54 Å². The summed E-state index contributed by atoms with van der Waals surface area (Å²) in [5.41, 5.74) is 0.848.